The summed E-state index contributed by atoms with van der Waals surface area (Å²) in [5, 5.41) is 0. The molecule has 1 aliphatic heterocycles. The van der Waals surface area contributed by atoms with Crippen LogP contribution in [0.2, 0.25) is 0 Å². The fourth-order valence-corrected chi connectivity index (χ4v) is 2.59. The lowest BCUT2D eigenvalue weighted by molar-refractivity contribution is -0.117. The Kier molecular flexibility index (Phi) is 3.61. The molecule has 1 amide bonds. The number of halogens is 1. The summed E-state index contributed by atoms with van der Waals surface area (Å²) in [7, 11) is 0. The highest BCUT2D eigenvalue weighted by Gasteiger charge is 2.36. The van der Waals surface area contributed by atoms with E-state index < -0.39 is 11.7 Å². The van der Waals surface area contributed by atoms with Crippen molar-refractivity contribution in [1.29, 1.82) is 0 Å². The summed E-state index contributed by atoms with van der Waals surface area (Å²) in [6.45, 7) is 1.90. The number of hydrogen-bond donors (Lipinski definition) is 0. The van der Waals surface area contributed by atoms with Crippen LogP contribution < -0.4 is 4.90 Å². The number of hydrogen-bond acceptors (Lipinski definition) is 3. The first-order valence-corrected chi connectivity index (χ1v) is 6.46. The first kappa shape index (κ1) is 13.0. The van der Waals surface area contributed by atoms with Gasteiger partial charge in [0.2, 0.25) is 0 Å². The molecule has 4 nitrogen and oxygen atoms in total. The van der Waals surface area contributed by atoms with Crippen LogP contribution in [0.3, 0.4) is 0 Å². The molecule has 0 aromatic heterocycles. The van der Waals surface area contributed by atoms with Crippen LogP contribution in [-0.2, 0) is 9.59 Å². The molecule has 0 N–H and O–H groups in total. The van der Waals surface area contributed by atoms with Crippen LogP contribution in [0.5, 0.6) is 0 Å². The molecule has 0 bridgehead atoms. The monoisotopic (exact) mass is 309 g/mol. The molecular weight excluding hydrogens is 298 g/mol. The Hall–Kier alpha value is -1.49. The van der Waals surface area contributed by atoms with E-state index in [1.54, 1.807) is 18.2 Å². The van der Waals surface area contributed by atoms with E-state index in [4.69, 9.17) is 0 Å². The first-order valence-electron chi connectivity index (χ1n) is 5.66. The van der Waals surface area contributed by atoms with Gasteiger partial charge >= 0.3 is 0 Å². The van der Waals surface area contributed by atoms with Gasteiger partial charge in [-0.2, -0.15) is 0 Å². The number of nitrogens with zero attached hydrogens (tertiary/aromatic N) is 1. The van der Waals surface area contributed by atoms with E-state index in [0.717, 1.165) is 4.47 Å². The number of rotatable bonds is 4. The number of amides is 1. The topological polar surface area (TPSA) is 54.5 Å². The highest BCUT2D eigenvalue weighted by atomic mass is 79.9. The Morgan fingerprint density at radius 1 is 1.33 bits per heavy atom. The minimum absolute atomic E-state index is 0.0836. The molecule has 1 heterocycles. The van der Waals surface area contributed by atoms with Gasteiger partial charge in [0.25, 0.3) is 11.7 Å². The lowest BCUT2D eigenvalue weighted by Gasteiger charge is -2.17. The second-order valence-electron chi connectivity index (χ2n) is 4.23. The van der Waals surface area contributed by atoms with Gasteiger partial charge in [0.15, 0.2) is 0 Å². The zero-order valence-corrected chi connectivity index (χ0v) is 11.5. The molecule has 0 radical (unpaired) electrons. The van der Waals surface area contributed by atoms with E-state index in [1.165, 1.54) is 11.8 Å². The van der Waals surface area contributed by atoms with Crippen molar-refractivity contribution in [3.63, 3.8) is 0 Å². The maximum Gasteiger partial charge on any atom is 0.299 e. The zero-order chi connectivity index (χ0) is 13.3. The van der Waals surface area contributed by atoms with Crippen LogP contribution in [0.25, 0.3) is 0 Å². The molecule has 1 aromatic carbocycles. The molecule has 0 saturated heterocycles. The molecule has 0 saturated carbocycles. The van der Waals surface area contributed by atoms with E-state index >= 15 is 0 Å². The lowest BCUT2D eigenvalue weighted by Crippen LogP contribution is -2.31. The number of carbonyl (C=O) groups excluding carboxylic acids is 3. The quantitative estimate of drug-likeness (QED) is 0.802. The summed E-state index contributed by atoms with van der Waals surface area (Å²) in [5.74, 6) is -0.907. The number of benzene rings is 1. The van der Waals surface area contributed by atoms with Crippen molar-refractivity contribution in [3.05, 3.63) is 28.2 Å². The third-order valence-electron chi connectivity index (χ3n) is 2.85. The van der Waals surface area contributed by atoms with Crippen molar-refractivity contribution in [2.24, 2.45) is 0 Å². The van der Waals surface area contributed by atoms with Gasteiger partial charge in [0.05, 0.1) is 11.3 Å². The molecule has 18 heavy (non-hydrogen) atoms. The normalized spacial score (nSPS) is 14.0. The predicted octanol–water partition coefficient (Wildman–Crippen LogP) is 2.35. The molecule has 0 aliphatic carbocycles. The van der Waals surface area contributed by atoms with Crippen molar-refractivity contribution in [2.75, 3.05) is 11.4 Å². The molecule has 0 spiro atoms. The maximum atomic E-state index is 11.9. The summed E-state index contributed by atoms with van der Waals surface area (Å²) in [6.07, 6.45) is 0.979. The summed E-state index contributed by atoms with van der Waals surface area (Å²) < 4.78 is 0.724. The molecule has 0 atom stereocenters. The Morgan fingerprint density at radius 2 is 2.06 bits per heavy atom. The molecule has 5 heteroatoms. The minimum Gasteiger partial charge on any atom is -0.304 e. The molecular formula is C13H12BrNO3. The van der Waals surface area contributed by atoms with Gasteiger partial charge in [-0.3, -0.25) is 9.59 Å². The summed E-state index contributed by atoms with van der Waals surface area (Å²) in [5.41, 5.74) is 1.05. The molecule has 94 valence electrons. The van der Waals surface area contributed by atoms with E-state index in [9.17, 15) is 14.4 Å². The third-order valence-corrected chi connectivity index (χ3v) is 3.49. The van der Waals surface area contributed by atoms with Crippen LogP contribution in [0.4, 0.5) is 5.69 Å². The average Bonchev–Trinajstić information content (AvgIpc) is 2.55. The van der Waals surface area contributed by atoms with Gasteiger partial charge in [0.1, 0.15) is 5.78 Å². The second-order valence-corrected chi connectivity index (χ2v) is 5.08. The Balaban J connectivity index is 2.25. The Bertz CT molecular complexity index is 539. The largest absolute Gasteiger partial charge is 0.304 e. The van der Waals surface area contributed by atoms with Crippen molar-refractivity contribution < 1.29 is 14.4 Å². The molecule has 0 fully saturated rings. The summed E-state index contributed by atoms with van der Waals surface area (Å²) in [6, 6.07) is 5.17. The summed E-state index contributed by atoms with van der Waals surface area (Å²) in [4.78, 5) is 36.0. The SMILES string of the molecule is CC(=O)CCCN1C(=O)C(=O)c2cccc(Br)c21. The third kappa shape index (κ3) is 2.22. The van der Waals surface area contributed by atoms with Gasteiger partial charge in [0, 0.05) is 17.4 Å². The van der Waals surface area contributed by atoms with Gasteiger partial charge in [-0.15, -0.1) is 0 Å². The van der Waals surface area contributed by atoms with Crippen molar-refractivity contribution in [3.8, 4) is 0 Å². The number of anilines is 1. The second kappa shape index (κ2) is 5.02. The van der Waals surface area contributed by atoms with Crippen molar-refractivity contribution >= 4 is 39.1 Å². The van der Waals surface area contributed by atoms with Crippen LogP contribution in [0, 0.1) is 0 Å². The van der Waals surface area contributed by atoms with Crippen LogP contribution in [-0.4, -0.2) is 24.0 Å². The Morgan fingerprint density at radius 3 is 2.72 bits per heavy atom. The maximum absolute atomic E-state index is 11.9. The standard InChI is InChI=1S/C13H12BrNO3/c1-8(16)4-3-7-15-11-9(12(17)13(15)18)5-2-6-10(11)14/h2,5-6H,3-4,7H2,1H3. The van der Waals surface area contributed by atoms with Gasteiger partial charge < -0.3 is 9.69 Å². The van der Waals surface area contributed by atoms with Crippen LogP contribution >= 0.6 is 15.9 Å². The molecule has 1 aromatic rings. The summed E-state index contributed by atoms with van der Waals surface area (Å²) >= 11 is 3.35. The lowest BCUT2D eigenvalue weighted by atomic mass is 10.1. The minimum atomic E-state index is -0.513. The number of fused-ring (bicyclic) bond motifs is 1. The fourth-order valence-electron chi connectivity index (χ4n) is 2.01. The van der Waals surface area contributed by atoms with E-state index in [0.29, 0.717) is 30.6 Å². The predicted molar refractivity (Wildman–Crippen MR) is 70.7 cm³/mol. The first-order chi connectivity index (χ1) is 8.52. The van der Waals surface area contributed by atoms with Crippen LogP contribution in [0.1, 0.15) is 30.1 Å². The average molecular weight is 310 g/mol. The molecule has 1 aliphatic rings. The fraction of sp³-hybridized carbons (Fsp3) is 0.308. The van der Waals surface area contributed by atoms with Crippen molar-refractivity contribution in [2.45, 2.75) is 19.8 Å². The van der Waals surface area contributed by atoms with Crippen LogP contribution in [0.15, 0.2) is 22.7 Å². The highest BCUT2D eigenvalue weighted by Crippen LogP contribution is 2.35. The number of para-hydroxylation sites is 1. The number of carbonyl (C=O) groups is 3. The Labute approximate surface area is 113 Å². The van der Waals surface area contributed by atoms with Crippen molar-refractivity contribution in [1.82, 2.24) is 0 Å². The smallest absolute Gasteiger partial charge is 0.299 e. The zero-order valence-electron chi connectivity index (χ0n) is 9.90. The van der Waals surface area contributed by atoms with Gasteiger partial charge in [-0.1, -0.05) is 6.07 Å². The molecule has 0 unspecified atom stereocenters. The van der Waals surface area contributed by atoms with Gasteiger partial charge in [-0.05, 0) is 41.4 Å². The van der Waals surface area contributed by atoms with E-state index in [1.807, 2.05) is 0 Å². The van der Waals surface area contributed by atoms with E-state index in [-0.39, 0.29) is 5.78 Å². The number of Topliss-reactive ketones (excluding diaryl/α,β-unsaturated/α-hetero) is 2. The van der Waals surface area contributed by atoms with Gasteiger partial charge in [-0.25, -0.2) is 0 Å². The van der Waals surface area contributed by atoms with E-state index in [2.05, 4.69) is 15.9 Å². The highest BCUT2D eigenvalue weighted by molar-refractivity contribution is 9.10. The molecule has 2 rings (SSSR count). The number of ketones is 2.